The lowest BCUT2D eigenvalue weighted by Gasteiger charge is -2.05. The van der Waals surface area contributed by atoms with E-state index in [9.17, 15) is 28.7 Å². The monoisotopic (exact) mass is 285 g/mol. The number of phenolic OH excluding ortho intramolecular Hbond substituents is 2. The quantitative estimate of drug-likeness (QED) is 0.328. The van der Waals surface area contributed by atoms with Gasteiger partial charge in [0, 0.05) is 0 Å². The highest BCUT2D eigenvalue weighted by molar-refractivity contribution is 7.85. The second-order valence-corrected chi connectivity index (χ2v) is 5.13. The predicted molar refractivity (Wildman–Crippen MR) is 63.7 cm³/mol. The molecule has 3 N–H and O–H groups in total. The van der Waals surface area contributed by atoms with Gasteiger partial charge >= 0.3 is 5.69 Å². The van der Waals surface area contributed by atoms with Crippen molar-refractivity contribution in [3.8, 4) is 11.5 Å². The smallest absolute Gasteiger partial charge is 0.322 e. The molecule has 2 aromatic rings. The van der Waals surface area contributed by atoms with Gasteiger partial charge in [-0.1, -0.05) is 6.07 Å². The van der Waals surface area contributed by atoms with Crippen molar-refractivity contribution in [2.24, 2.45) is 0 Å². The van der Waals surface area contributed by atoms with Crippen molar-refractivity contribution in [1.29, 1.82) is 0 Å². The molecule has 0 radical (unpaired) electrons. The van der Waals surface area contributed by atoms with Crippen LogP contribution in [0.4, 0.5) is 5.69 Å². The number of fused-ring (bicyclic) bond motifs is 1. The summed E-state index contributed by atoms with van der Waals surface area (Å²) in [6.45, 7) is 0. The SMILES string of the molecule is O=[N+]([O-])c1c(O)c(O)cc2ccc(S(=O)(=O)O)cc12. The third-order valence-electron chi connectivity index (χ3n) is 2.52. The molecule has 0 aliphatic rings. The Kier molecular flexibility index (Phi) is 2.80. The zero-order chi connectivity index (χ0) is 14.4. The van der Waals surface area contributed by atoms with Crippen molar-refractivity contribution in [2.45, 2.75) is 4.90 Å². The molecule has 19 heavy (non-hydrogen) atoms. The highest BCUT2D eigenvalue weighted by Crippen LogP contribution is 2.42. The zero-order valence-electron chi connectivity index (χ0n) is 9.14. The Morgan fingerprint density at radius 2 is 1.79 bits per heavy atom. The van der Waals surface area contributed by atoms with Crippen LogP contribution in [0, 0.1) is 10.1 Å². The van der Waals surface area contributed by atoms with Crippen molar-refractivity contribution in [3.05, 3.63) is 34.4 Å². The van der Waals surface area contributed by atoms with Crippen LogP contribution in [-0.2, 0) is 10.1 Å². The van der Waals surface area contributed by atoms with Gasteiger partial charge in [0.15, 0.2) is 5.75 Å². The molecule has 2 aromatic carbocycles. The van der Waals surface area contributed by atoms with E-state index in [-0.39, 0.29) is 10.8 Å². The average Bonchev–Trinajstić information content (AvgIpc) is 2.28. The van der Waals surface area contributed by atoms with Gasteiger partial charge in [-0.3, -0.25) is 14.7 Å². The van der Waals surface area contributed by atoms with Gasteiger partial charge in [0.05, 0.1) is 15.2 Å². The number of nitro benzene ring substituents is 1. The molecule has 9 heteroatoms. The minimum absolute atomic E-state index is 0.148. The number of aromatic hydroxyl groups is 2. The molecule has 0 aliphatic carbocycles. The van der Waals surface area contributed by atoms with Crippen LogP contribution in [0.3, 0.4) is 0 Å². The summed E-state index contributed by atoms with van der Waals surface area (Å²) in [5, 5.41) is 29.6. The Hall–Kier alpha value is -2.39. The van der Waals surface area contributed by atoms with Crippen LogP contribution < -0.4 is 0 Å². The van der Waals surface area contributed by atoms with Crippen molar-refractivity contribution >= 4 is 26.6 Å². The Morgan fingerprint density at radius 3 is 2.32 bits per heavy atom. The van der Waals surface area contributed by atoms with E-state index >= 15 is 0 Å². The van der Waals surface area contributed by atoms with Gasteiger partial charge in [-0.2, -0.15) is 8.42 Å². The van der Waals surface area contributed by atoms with Gasteiger partial charge in [-0.25, -0.2) is 0 Å². The second-order valence-electron chi connectivity index (χ2n) is 3.71. The summed E-state index contributed by atoms with van der Waals surface area (Å²) in [4.78, 5) is 9.37. The largest absolute Gasteiger partial charge is 0.504 e. The summed E-state index contributed by atoms with van der Waals surface area (Å²) in [5.74, 6) is -1.66. The van der Waals surface area contributed by atoms with Crippen LogP contribution >= 0.6 is 0 Å². The van der Waals surface area contributed by atoms with E-state index in [4.69, 9.17) is 4.55 Å². The molecule has 0 aromatic heterocycles. The maximum absolute atomic E-state index is 11.0. The topological polar surface area (TPSA) is 138 Å². The van der Waals surface area contributed by atoms with E-state index in [1.54, 1.807) is 0 Å². The number of hydrogen-bond donors (Lipinski definition) is 3. The van der Waals surface area contributed by atoms with Gasteiger partial charge < -0.3 is 10.2 Å². The molecule has 100 valence electrons. The lowest BCUT2D eigenvalue weighted by atomic mass is 10.1. The molecule has 0 amide bonds. The first-order valence-corrected chi connectivity index (χ1v) is 6.26. The molecule has 0 bridgehead atoms. The molecule has 0 saturated carbocycles. The first kappa shape index (κ1) is 13.1. The fourth-order valence-electron chi connectivity index (χ4n) is 1.68. The number of nitro groups is 1. The lowest BCUT2D eigenvalue weighted by molar-refractivity contribution is -0.384. The van der Waals surface area contributed by atoms with Crippen LogP contribution in [0.25, 0.3) is 10.8 Å². The van der Waals surface area contributed by atoms with Crippen LogP contribution in [0.1, 0.15) is 0 Å². The van der Waals surface area contributed by atoms with Crippen molar-refractivity contribution in [1.82, 2.24) is 0 Å². The molecule has 0 spiro atoms. The highest BCUT2D eigenvalue weighted by Gasteiger charge is 2.23. The minimum atomic E-state index is -4.53. The Balaban J connectivity index is 2.95. The average molecular weight is 285 g/mol. The molecular formula is C10H7NO7S. The molecule has 8 nitrogen and oxygen atoms in total. The normalized spacial score (nSPS) is 11.6. The van der Waals surface area contributed by atoms with Gasteiger partial charge in [0.1, 0.15) is 0 Å². The maximum atomic E-state index is 11.0. The first-order chi connectivity index (χ1) is 8.71. The van der Waals surface area contributed by atoms with E-state index in [0.29, 0.717) is 0 Å². The van der Waals surface area contributed by atoms with E-state index < -0.39 is 37.1 Å². The summed E-state index contributed by atoms with van der Waals surface area (Å²) in [5.41, 5.74) is -0.833. The van der Waals surface area contributed by atoms with E-state index in [1.165, 1.54) is 6.07 Å². The zero-order valence-corrected chi connectivity index (χ0v) is 9.96. The van der Waals surface area contributed by atoms with Crippen LogP contribution in [0.2, 0.25) is 0 Å². The number of phenols is 2. The van der Waals surface area contributed by atoms with Crippen LogP contribution in [0.15, 0.2) is 29.2 Å². The molecule has 0 fully saturated rings. The van der Waals surface area contributed by atoms with Gasteiger partial charge in [0.2, 0.25) is 5.75 Å². The maximum Gasteiger partial charge on any atom is 0.322 e. The standard InChI is InChI=1S/C10H7NO7S/c12-8-3-5-1-2-6(19(16,17)18)4-7(5)9(10(8)13)11(14)15/h1-4,12-13H,(H,16,17,18). The number of nitrogens with zero attached hydrogens (tertiary/aromatic N) is 1. The summed E-state index contributed by atoms with van der Waals surface area (Å²) in [6.07, 6.45) is 0. The van der Waals surface area contributed by atoms with Gasteiger partial charge in [-0.15, -0.1) is 0 Å². The van der Waals surface area contributed by atoms with Crippen LogP contribution in [-0.4, -0.2) is 28.1 Å². The highest BCUT2D eigenvalue weighted by atomic mass is 32.2. The van der Waals surface area contributed by atoms with E-state index in [1.807, 2.05) is 0 Å². The van der Waals surface area contributed by atoms with Crippen molar-refractivity contribution < 1.29 is 28.1 Å². The molecule has 2 rings (SSSR count). The molecule has 0 atom stereocenters. The molecule has 0 heterocycles. The fraction of sp³-hybridized carbons (Fsp3) is 0. The Morgan fingerprint density at radius 1 is 1.16 bits per heavy atom. The third-order valence-corrected chi connectivity index (χ3v) is 3.37. The summed E-state index contributed by atoms with van der Waals surface area (Å²) in [7, 11) is -4.53. The van der Waals surface area contributed by atoms with Gasteiger partial charge in [-0.05, 0) is 23.6 Å². The lowest BCUT2D eigenvalue weighted by Crippen LogP contribution is -1.98. The first-order valence-electron chi connectivity index (χ1n) is 4.82. The van der Waals surface area contributed by atoms with Crippen LogP contribution in [0.5, 0.6) is 11.5 Å². The van der Waals surface area contributed by atoms with Gasteiger partial charge in [0.25, 0.3) is 10.1 Å². The van der Waals surface area contributed by atoms with Crippen molar-refractivity contribution in [3.63, 3.8) is 0 Å². The molecule has 0 saturated heterocycles. The Labute approximate surface area is 106 Å². The summed E-state index contributed by atoms with van der Waals surface area (Å²) < 4.78 is 30.9. The second kappa shape index (κ2) is 4.07. The van der Waals surface area contributed by atoms with E-state index in [0.717, 1.165) is 18.2 Å². The summed E-state index contributed by atoms with van der Waals surface area (Å²) in [6, 6.07) is 4.09. The summed E-state index contributed by atoms with van der Waals surface area (Å²) >= 11 is 0. The molecular weight excluding hydrogens is 278 g/mol. The number of rotatable bonds is 2. The minimum Gasteiger partial charge on any atom is -0.504 e. The Bertz CT molecular complexity index is 797. The number of benzene rings is 2. The van der Waals surface area contributed by atoms with E-state index in [2.05, 4.69) is 0 Å². The fourth-order valence-corrected chi connectivity index (χ4v) is 2.18. The predicted octanol–water partition coefficient (Wildman–Crippen LogP) is 1.41. The third kappa shape index (κ3) is 2.16. The van der Waals surface area contributed by atoms with Crippen molar-refractivity contribution in [2.75, 3.05) is 0 Å². The number of hydrogen-bond acceptors (Lipinski definition) is 6. The molecule has 0 aliphatic heterocycles. The molecule has 0 unspecified atom stereocenters.